The molecule has 0 saturated heterocycles. The predicted molar refractivity (Wildman–Crippen MR) is 105 cm³/mol. The molecular weight excluding hydrogens is 332 g/mol. The average molecular weight is 363 g/mol. The maximum atomic E-state index is 4.65. The highest BCUT2D eigenvalue weighted by atomic mass is 32.1. The van der Waals surface area contributed by atoms with E-state index >= 15 is 0 Å². The summed E-state index contributed by atoms with van der Waals surface area (Å²) >= 11 is 1.80. The number of rotatable bonds is 9. The van der Waals surface area contributed by atoms with Gasteiger partial charge in [-0.1, -0.05) is 6.92 Å². The molecule has 25 heavy (non-hydrogen) atoms. The molecule has 0 aliphatic rings. The van der Waals surface area contributed by atoms with Crippen LogP contribution in [0, 0.1) is 13.8 Å². The molecule has 7 heteroatoms. The van der Waals surface area contributed by atoms with Crippen LogP contribution in [0.1, 0.15) is 41.5 Å². The Morgan fingerprint density at radius 2 is 2.12 bits per heavy atom. The fourth-order valence-electron chi connectivity index (χ4n) is 2.57. The molecule has 0 saturated carbocycles. The monoisotopic (exact) mass is 362 g/mol. The predicted octanol–water partition coefficient (Wildman–Crippen LogP) is 2.71. The summed E-state index contributed by atoms with van der Waals surface area (Å²) in [6, 6.07) is 2.11. The van der Waals surface area contributed by atoms with Gasteiger partial charge in [0.1, 0.15) is 0 Å². The normalized spacial score (nSPS) is 11.8. The van der Waals surface area contributed by atoms with Gasteiger partial charge >= 0.3 is 0 Å². The molecule has 2 aromatic rings. The van der Waals surface area contributed by atoms with Crippen LogP contribution in [0.3, 0.4) is 0 Å². The largest absolute Gasteiger partial charge is 0.357 e. The van der Waals surface area contributed by atoms with Crippen LogP contribution in [0.15, 0.2) is 17.3 Å². The smallest absolute Gasteiger partial charge is 0.191 e. The molecule has 138 valence electrons. The highest BCUT2D eigenvalue weighted by Gasteiger charge is 2.03. The molecule has 2 N–H and O–H groups in total. The Bertz CT molecular complexity index is 673. The summed E-state index contributed by atoms with van der Waals surface area (Å²) in [7, 11) is 0. The Labute approximate surface area is 154 Å². The van der Waals surface area contributed by atoms with Crippen molar-refractivity contribution in [2.75, 3.05) is 19.6 Å². The standard InChI is InChI=1S/C18H30N6S/c1-5-16-13-22-17(25-16)8-10-21-18(19-6-2)20-9-7-11-24-15(4)12-14(3)23-24/h12-13H,5-11H2,1-4H3,(H2,19,20,21). The van der Waals surface area contributed by atoms with E-state index in [9.17, 15) is 0 Å². The van der Waals surface area contributed by atoms with E-state index in [2.05, 4.69) is 57.2 Å². The van der Waals surface area contributed by atoms with E-state index in [0.717, 1.165) is 57.1 Å². The minimum Gasteiger partial charge on any atom is -0.357 e. The van der Waals surface area contributed by atoms with Crippen LogP contribution in [0.25, 0.3) is 0 Å². The number of thiazole rings is 1. The maximum absolute atomic E-state index is 4.65. The molecule has 0 aliphatic carbocycles. The molecule has 2 rings (SSSR count). The lowest BCUT2D eigenvalue weighted by Gasteiger charge is -2.10. The Kier molecular flexibility index (Phi) is 7.91. The van der Waals surface area contributed by atoms with E-state index in [-0.39, 0.29) is 0 Å². The van der Waals surface area contributed by atoms with Crippen molar-refractivity contribution in [1.29, 1.82) is 0 Å². The van der Waals surface area contributed by atoms with Gasteiger partial charge in [-0.25, -0.2) is 4.98 Å². The number of nitrogens with one attached hydrogen (secondary N) is 2. The summed E-state index contributed by atoms with van der Waals surface area (Å²) in [6.45, 7) is 11.8. The molecule has 2 aromatic heterocycles. The first-order valence-corrected chi connectivity index (χ1v) is 9.90. The third kappa shape index (κ3) is 6.49. The van der Waals surface area contributed by atoms with E-state index in [1.807, 2.05) is 13.1 Å². The minimum absolute atomic E-state index is 0.783. The van der Waals surface area contributed by atoms with Gasteiger partial charge in [-0.3, -0.25) is 9.67 Å². The quantitative estimate of drug-likeness (QED) is 0.409. The zero-order valence-corrected chi connectivity index (χ0v) is 16.6. The van der Waals surface area contributed by atoms with Crippen LogP contribution in [0.4, 0.5) is 0 Å². The van der Waals surface area contributed by atoms with Crippen molar-refractivity contribution in [3.8, 4) is 0 Å². The van der Waals surface area contributed by atoms with E-state index in [4.69, 9.17) is 0 Å². The zero-order valence-electron chi connectivity index (χ0n) is 15.8. The molecule has 6 nitrogen and oxygen atoms in total. The Morgan fingerprint density at radius 1 is 1.28 bits per heavy atom. The highest BCUT2D eigenvalue weighted by Crippen LogP contribution is 2.13. The van der Waals surface area contributed by atoms with Gasteiger partial charge in [-0.2, -0.15) is 5.10 Å². The number of nitrogens with zero attached hydrogens (tertiary/aromatic N) is 4. The molecule has 2 heterocycles. The van der Waals surface area contributed by atoms with Gasteiger partial charge in [-0.15, -0.1) is 11.3 Å². The molecule has 0 radical (unpaired) electrons. The van der Waals surface area contributed by atoms with Crippen molar-refractivity contribution in [2.24, 2.45) is 4.99 Å². The number of hydrogen-bond donors (Lipinski definition) is 2. The Hall–Kier alpha value is -1.89. The van der Waals surface area contributed by atoms with E-state index in [0.29, 0.717) is 0 Å². The number of aryl methyl sites for hydroxylation is 4. The van der Waals surface area contributed by atoms with Gasteiger partial charge in [-0.05, 0) is 39.7 Å². The molecule has 0 atom stereocenters. The van der Waals surface area contributed by atoms with Crippen LogP contribution in [0.2, 0.25) is 0 Å². The third-order valence-corrected chi connectivity index (χ3v) is 5.03. The summed E-state index contributed by atoms with van der Waals surface area (Å²) in [6.07, 6.45) is 4.95. The Morgan fingerprint density at radius 3 is 2.76 bits per heavy atom. The van der Waals surface area contributed by atoms with Gasteiger partial charge in [0.25, 0.3) is 0 Å². The number of aromatic nitrogens is 3. The van der Waals surface area contributed by atoms with Crippen LogP contribution >= 0.6 is 11.3 Å². The van der Waals surface area contributed by atoms with Crippen molar-refractivity contribution in [3.05, 3.63) is 33.5 Å². The molecule has 0 aliphatic heterocycles. The number of guanidine groups is 1. The third-order valence-electron chi connectivity index (χ3n) is 3.83. The summed E-state index contributed by atoms with van der Waals surface area (Å²) in [5.41, 5.74) is 2.28. The SMILES string of the molecule is CCNC(=NCCCn1nc(C)cc1C)NCCc1ncc(CC)s1. The minimum atomic E-state index is 0.783. The molecule has 0 fully saturated rings. The van der Waals surface area contributed by atoms with Crippen LogP contribution in [0.5, 0.6) is 0 Å². The van der Waals surface area contributed by atoms with Crippen molar-refractivity contribution < 1.29 is 0 Å². The summed E-state index contributed by atoms with van der Waals surface area (Å²) in [5.74, 6) is 0.878. The van der Waals surface area contributed by atoms with Crippen LogP contribution in [-0.4, -0.2) is 40.4 Å². The summed E-state index contributed by atoms with van der Waals surface area (Å²) in [5, 5.41) is 12.4. The van der Waals surface area contributed by atoms with Gasteiger partial charge in [0.05, 0.1) is 10.7 Å². The van der Waals surface area contributed by atoms with Crippen LogP contribution < -0.4 is 10.6 Å². The first-order chi connectivity index (χ1) is 12.1. The lowest BCUT2D eigenvalue weighted by atomic mass is 10.4. The fraction of sp³-hybridized carbons (Fsp3) is 0.611. The average Bonchev–Trinajstić information content (AvgIpc) is 3.17. The molecule has 0 amide bonds. The lowest BCUT2D eigenvalue weighted by Crippen LogP contribution is -2.38. The highest BCUT2D eigenvalue weighted by molar-refractivity contribution is 7.11. The fourth-order valence-corrected chi connectivity index (χ4v) is 3.43. The Balaban J connectivity index is 1.74. The first kappa shape index (κ1) is 19.4. The van der Waals surface area contributed by atoms with E-state index < -0.39 is 0 Å². The van der Waals surface area contributed by atoms with Crippen molar-refractivity contribution >= 4 is 17.3 Å². The maximum Gasteiger partial charge on any atom is 0.191 e. The molecule has 0 spiro atoms. The lowest BCUT2D eigenvalue weighted by molar-refractivity contribution is 0.567. The summed E-state index contributed by atoms with van der Waals surface area (Å²) < 4.78 is 2.05. The topological polar surface area (TPSA) is 67.1 Å². The van der Waals surface area contributed by atoms with Crippen molar-refractivity contribution in [1.82, 2.24) is 25.4 Å². The second-order valence-electron chi connectivity index (χ2n) is 6.02. The molecule has 0 bridgehead atoms. The molecule has 0 aromatic carbocycles. The van der Waals surface area contributed by atoms with E-state index in [1.165, 1.54) is 15.6 Å². The van der Waals surface area contributed by atoms with Gasteiger partial charge in [0, 0.05) is 49.4 Å². The molecule has 0 unspecified atom stereocenters. The van der Waals surface area contributed by atoms with Gasteiger partial charge < -0.3 is 10.6 Å². The summed E-state index contributed by atoms with van der Waals surface area (Å²) in [4.78, 5) is 10.5. The first-order valence-electron chi connectivity index (χ1n) is 9.09. The van der Waals surface area contributed by atoms with Gasteiger partial charge in [0.15, 0.2) is 5.96 Å². The van der Waals surface area contributed by atoms with E-state index in [1.54, 1.807) is 11.3 Å². The molecular formula is C18H30N6S. The number of aliphatic imine (C=N–C) groups is 1. The van der Waals surface area contributed by atoms with Crippen molar-refractivity contribution in [2.45, 2.75) is 53.5 Å². The van der Waals surface area contributed by atoms with Crippen molar-refractivity contribution in [3.63, 3.8) is 0 Å². The van der Waals surface area contributed by atoms with Gasteiger partial charge in [0.2, 0.25) is 0 Å². The second-order valence-corrected chi connectivity index (χ2v) is 7.21. The number of hydrogen-bond acceptors (Lipinski definition) is 4. The van der Waals surface area contributed by atoms with Crippen LogP contribution in [-0.2, 0) is 19.4 Å². The zero-order chi connectivity index (χ0) is 18.1. The second kappa shape index (κ2) is 10.2.